The van der Waals surface area contributed by atoms with Crippen molar-refractivity contribution in [2.45, 2.75) is 31.3 Å². The first-order chi connectivity index (χ1) is 7.90. The predicted octanol–water partition coefficient (Wildman–Crippen LogP) is 2.49. The molecule has 1 aromatic heterocycles. The van der Waals surface area contributed by atoms with E-state index < -0.39 is 0 Å². The first-order valence-corrected chi connectivity index (χ1v) is 7.22. The smallest absolute Gasteiger partial charge is 0.0485 e. The highest BCUT2D eigenvalue weighted by molar-refractivity contribution is 7.10. The summed E-state index contributed by atoms with van der Waals surface area (Å²) in [6.07, 6.45) is 4.21. The molecule has 1 aliphatic heterocycles. The number of nitrogens with zero attached hydrogens (tertiary/aromatic N) is 1. The summed E-state index contributed by atoms with van der Waals surface area (Å²) in [5.41, 5.74) is 0. The molecule has 2 fully saturated rings. The van der Waals surface area contributed by atoms with Crippen molar-refractivity contribution >= 4 is 11.3 Å². The molecule has 2 atom stereocenters. The highest BCUT2D eigenvalue weighted by atomic mass is 32.1. The molecular formula is C13H20N2S. The van der Waals surface area contributed by atoms with Gasteiger partial charge in [0.1, 0.15) is 0 Å². The number of thiophene rings is 1. The molecule has 1 aromatic rings. The van der Waals surface area contributed by atoms with Crippen molar-refractivity contribution in [2.75, 3.05) is 20.1 Å². The molecule has 0 amide bonds. The first-order valence-electron chi connectivity index (χ1n) is 6.34. The van der Waals surface area contributed by atoms with Crippen molar-refractivity contribution in [1.82, 2.24) is 10.2 Å². The maximum Gasteiger partial charge on any atom is 0.0485 e. The van der Waals surface area contributed by atoms with Crippen molar-refractivity contribution < 1.29 is 0 Å². The van der Waals surface area contributed by atoms with Gasteiger partial charge in [0.2, 0.25) is 0 Å². The van der Waals surface area contributed by atoms with E-state index in [2.05, 4.69) is 34.8 Å². The second kappa shape index (κ2) is 4.47. The summed E-state index contributed by atoms with van der Waals surface area (Å²) in [7, 11) is 2.07. The van der Waals surface area contributed by atoms with Crippen molar-refractivity contribution in [3.63, 3.8) is 0 Å². The molecule has 88 valence electrons. The second-order valence-corrected chi connectivity index (χ2v) is 6.01. The van der Waals surface area contributed by atoms with Crippen LogP contribution < -0.4 is 5.32 Å². The quantitative estimate of drug-likeness (QED) is 0.864. The standard InChI is InChI=1S/C13H20N2S/c1-14-9-10-6-7-15(11-4-5-11)13(10)12-3-2-8-16-12/h2-3,8,10-11,13-14H,4-7,9H2,1H3. The van der Waals surface area contributed by atoms with Gasteiger partial charge in [0, 0.05) is 17.0 Å². The molecule has 2 nitrogen and oxygen atoms in total. The Morgan fingerprint density at radius 2 is 2.31 bits per heavy atom. The van der Waals surface area contributed by atoms with Gasteiger partial charge in [-0.1, -0.05) is 6.07 Å². The molecule has 1 aliphatic carbocycles. The zero-order valence-corrected chi connectivity index (χ0v) is 10.7. The fourth-order valence-corrected chi connectivity index (χ4v) is 3.97. The second-order valence-electron chi connectivity index (χ2n) is 5.04. The molecule has 3 rings (SSSR count). The van der Waals surface area contributed by atoms with Crippen molar-refractivity contribution in [1.29, 1.82) is 0 Å². The summed E-state index contributed by atoms with van der Waals surface area (Å²) < 4.78 is 0. The number of likely N-dealkylation sites (tertiary alicyclic amines) is 1. The lowest BCUT2D eigenvalue weighted by Crippen LogP contribution is -2.30. The minimum Gasteiger partial charge on any atom is -0.319 e. The van der Waals surface area contributed by atoms with Gasteiger partial charge in [0.15, 0.2) is 0 Å². The Hall–Kier alpha value is -0.380. The van der Waals surface area contributed by atoms with Gasteiger partial charge in [0.25, 0.3) is 0 Å². The van der Waals surface area contributed by atoms with Crippen LogP contribution in [0.15, 0.2) is 17.5 Å². The lowest BCUT2D eigenvalue weighted by atomic mass is 9.99. The average Bonchev–Trinajstić information content (AvgIpc) is 2.84. The van der Waals surface area contributed by atoms with E-state index in [4.69, 9.17) is 0 Å². The van der Waals surface area contributed by atoms with E-state index >= 15 is 0 Å². The highest BCUT2D eigenvalue weighted by Gasteiger charge is 2.42. The van der Waals surface area contributed by atoms with Gasteiger partial charge in [0.05, 0.1) is 0 Å². The minimum absolute atomic E-state index is 0.694. The zero-order valence-electron chi connectivity index (χ0n) is 9.86. The molecule has 1 saturated heterocycles. The van der Waals surface area contributed by atoms with Crippen LogP contribution in [-0.4, -0.2) is 31.1 Å². The SMILES string of the molecule is CNCC1CCN(C2CC2)C1c1cccs1. The van der Waals surface area contributed by atoms with Gasteiger partial charge in [-0.25, -0.2) is 0 Å². The van der Waals surface area contributed by atoms with Gasteiger partial charge >= 0.3 is 0 Å². The molecule has 0 spiro atoms. The molecule has 2 heterocycles. The van der Waals surface area contributed by atoms with Crippen LogP contribution in [-0.2, 0) is 0 Å². The molecule has 2 aliphatic rings. The maximum atomic E-state index is 3.36. The van der Waals surface area contributed by atoms with Crippen LogP contribution >= 0.6 is 11.3 Å². The monoisotopic (exact) mass is 236 g/mol. The molecule has 2 unspecified atom stereocenters. The van der Waals surface area contributed by atoms with E-state index in [1.165, 1.54) is 25.8 Å². The van der Waals surface area contributed by atoms with Crippen LogP contribution in [0.25, 0.3) is 0 Å². The predicted molar refractivity (Wildman–Crippen MR) is 68.8 cm³/mol. The van der Waals surface area contributed by atoms with E-state index in [0.29, 0.717) is 6.04 Å². The first kappa shape index (κ1) is 10.8. The fraction of sp³-hybridized carbons (Fsp3) is 0.692. The Morgan fingerprint density at radius 1 is 1.44 bits per heavy atom. The summed E-state index contributed by atoms with van der Waals surface area (Å²) in [6.45, 7) is 2.46. The Balaban J connectivity index is 1.81. The maximum absolute atomic E-state index is 3.36. The van der Waals surface area contributed by atoms with Crippen LogP contribution in [0.3, 0.4) is 0 Å². The van der Waals surface area contributed by atoms with Gasteiger partial charge in [-0.3, -0.25) is 4.90 Å². The molecular weight excluding hydrogens is 216 g/mol. The molecule has 1 N–H and O–H groups in total. The Morgan fingerprint density at radius 3 is 2.94 bits per heavy atom. The van der Waals surface area contributed by atoms with Gasteiger partial charge in [-0.05, 0) is 56.8 Å². The Kier molecular flexibility index (Phi) is 3.01. The van der Waals surface area contributed by atoms with E-state index in [1.54, 1.807) is 4.88 Å². The van der Waals surface area contributed by atoms with E-state index in [1.807, 2.05) is 11.3 Å². The van der Waals surface area contributed by atoms with Gasteiger partial charge in [-0.15, -0.1) is 11.3 Å². The molecule has 0 aromatic carbocycles. The summed E-state index contributed by atoms with van der Waals surface area (Å²) in [5.74, 6) is 0.809. The minimum atomic E-state index is 0.694. The lowest BCUT2D eigenvalue weighted by Gasteiger charge is -2.27. The van der Waals surface area contributed by atoms with Crippen LogP contribution in [0.1, 0.15) is 30.2 Å². The lowest BCUT2D eigenvalue weighted by molar-refractivity contribution is 0.221. The largest absolute Gasteiger partial charge is 0.319 e. The van der Waals surface area contributed by atoms with Crippen molar-refractivity contribution in [3.8, 4) is 0 Å². The van der Waals surface area contributed by atoms with Crippen LogP contribution in [0.4, 0.5) is 0 Å². The number of nitrogens with one attached hydrogen (secondary N) is 1. The van der Waals surface area contributed by atoms with Crippen LogP contribution in [0.2, 0.25) is 0 Å². The molecule has 1 saturated carbocycles. The summed E-state index contributed by atoms with van der Waals surface area (Å²) in [4.78, 5) is 4.33. The van der Waals surface area contributed by atoms with Gasteiger partial charge < -0.3 is 5.32 Å². The Bertz CT molecular complexity index is 332. The summed E-state index contributed by atoms with van der Waals surface area (Å²) in [6, 6.07) is 6.10. The topological polar surface area (TPSA) is 15.3 Å². The summed E-state index contributed by atoms with van der Waals surface area (Å²) >= 11 is 1.93. The number of hydrogen-bond donors (Lipinski definition) is 1. The van der Waals surface area contributed by atoms with Crippen LogP contribution in [0.5, 0.6) is 0 Å². The van der Waals surface area contributed by atoms with E-state index in [9.17, 15) is 0 Å². The average molecular weight is 236 g/mol. The highest BCUT2D eigenvalue weighted by Crippen LogP contribution is 2.45. The van der Waals surface area contributed by atoms with E-state index in [-0.39, 0.29) is 0 Å². The molecule has 3 heteroatoms. The Labute approximate surface area is 102 Å². The van der Waals surface area contributed by atoms with Crippen LogP contribution in [0, 0.1) is 5.92 Å². The van der Waals surface area contributed by atoms with E-state index in [0.717, 1.165) is 18.5 Å². The zero-order chi connectivity index (χ0) is 11.0. The fourth-order valence-electron chi connectivity index (χ4n) is 3.03. The normalized spacial score (nSPS) is 31.1. The number of hydrogen-bond acceptors (Lipinski definition) is 3. The summed E-state index contributed by atoms with van der Waals surface area (Å²) in [5, 5.41) is 5.58. The molecule has 0 radical (unpaired) electrons. The van der Waals surface area contributed by atoms with Crippen molar-refractivity contribution in [3.05, 3.63) is 22.4 Å². The van der Waals surface area contributed by atoms with Gasteiger partial charge in [-0.2, -0.15) is 0 Å². The third kappa shape index (κ3) is 1.92. The van der Waals surface area contributed by atoms with Crippen molar-refractivity contribution in [2.24, 2.45) is 5.92 Å². The third-order valence-electron chi connectivity index (χ3n) is 3.88. The number of rotatable bonds is 4. The molecule has 0 bridgehead atoms. The third-order valence-corrected chi connectivity index (χ3v) is 4.82. The molecule has 16 heavy (non-hydrogen) atoms.